The highest BCUT2D eigenvalue weighted by Crippen LogP contribution is 2.26. The van der Waals surface area contributed by atoms with Crippen LogP contribution in [0.4, 0.5) is 0 Å². The first-order valence-corrected chi connectivity index (χ1v) is 9.30. The molecule has 0 bridgehead atoms. The number of carbonyl (C=O) groups excluding carboxylic acids is 2. The summed E-state index contributed by atoms with van der Waals surface area (Å²) in [6.45, 7) is 6.74. The number of aryl methyl sites for hydroxylation is 2. The molecule has 0 unspecified atom stereocenters. The SMILES string of the molecule is Cc1cc(C(=O)N2CCCN(C(=O)C3CCCCC3)CC2)c(C)[nH]1. The van der Waals surface area contributed by atoms with E-state index in [9.17, 15) is 9.59 Å². The summed E-state index contributed by atoms with van der Waals surface area (Å²) in [6.07, 6.45) is 6.58. The molecule has 2 fully saturated rings. The fourth-order valence-electron chi connectivity index (χ4n) is 4.07. The van der Waals surface area contributed by atoms with Gasteiger partial charge in [0.25, 0.3) is 5.91 Å². The van der Waals surface area contributed by atoms with Gasteiger partial charge in [0.2, 0.25) is 5.91 Å². The van der Waals surface area contributed by atoms with Crippen LogP contribution in [0.2, 0.25) is 0 Å². The van der Waals surface area contributed by atoms with Gasteiger partial charge in [0, 0.05) is 43.5 Å². The van der Waals surface area contributed by atoms with E-state index in [1.54, 1.807) is 0 Å². The van der Waals surface area contributed by atoms with Crippen LogP contribution < -0.4 is 0 Å². The van der Waals surface area contributed by atoms with Gasteiger partial charge in [-0.15, -0.1) is 0 Å². The smallest absolute Gasteiger partial charge is 0.255 e. The summed E-state index contributed by atoms with van der Waals surface area (Å²) in [5.74, 6) is 0.622. The second kappa shape index (κ2) is 7.41. The molecule has 1 saturated carbocycles. The molecular weight excluding hydrogens is 302 g/mol. The van der Waals surface area contributed by atoms with Gasteiger partial charge in [-0.05, 0) is 39.2 Å². The first-order chi connectivity index (χ1) is 11.6. The van der Waals surface area contributed by atoms with Crippen LogP contribution in [0.3, 0.4) is 0 Å². The van der Waals surface area contributed by atoms with Crippen LogP contribution in [-0.2, 0) is 4.79 Å². The maximum Gasteiger partial charge on any atom is 0.255 e. The van der Waals surface area contributed by atoms with Gasteiger partial charge in [-0.2, -0.15) is 0 Å². The van der Waals surface area contributed by atoms with Gasteiger partial charge in [-0.1, -0.05) is 19.3 Å². The number of nitrogens with zero attached hydrogens (tertiary/aromatic N) is 2. The molecule has 2 amide bonds. The van der Waals surface area contributed by atoms with Gasteiger partial charge in [0.1, 0.15) is 0 Å². The van der Waals surface area contributed by atoms with Gasteiger partial charge < -0.3 is 14.8 Å². The molecule has 1 N–H and O–H groups in total. The lowest BCUT2D eigenvalue weighted by Crippen LogP contribution is -2.40. The highest BCUT2D eigenvalue weighted by atomic mass is 16.2. The van der Waals surface area contributed by atoms with Gasteiger partial charge >= 0.3 is 0 Å². The molecule has 1 saturated heterocycles. The number of hydrogen-bond acceptors (Lipinski definition) is 2. The maximum atomic E-state index is 12.8. The number of carbonyl (C=O) groups is 2. The lowest BCUT2D eigenvalue weighted by Gasteiger charge is -2.28. The highest BCUT2D eigenvalue weighted by molar-refractivity contribution is 5.95. The predicted octanol–water partition coefficient (Wildman–Crippen LogP) is 2.89. The van der Waals surface area contributed by atoms with Crippen molar-refractivity contribution in [3.63, 3.8) is 0 Å². The third kappa shape index (κ3) is 3.65. The molecule has 2 aliphatic rings. The van der Waals surface area contributed by atoms with E-state index in [2.05, 4.69) is 4.98 Å². The second-order valence-electron chi connectivity index (χ2n) is 7.30. The van der Waals surface area contributed by atoms with Gasteiger partial charge in [0.05, 0.1) is 5.56 Å². The zero-order valence-corrected chi connectivity index (χ0v) is 14.9. The Kier molecular flexibility index (Phi) is 5.27. The zero-order valence-electron chi connectivity index (χ0n) is 14.9. The fraction of sp³-hybridized carbons (Fsp3) is 0.684. The van der Waals surface area contributed by atoms with Crippen molar-refractivity contribution in [2.24, 2.45) is 5.92 Å². The van der Waals surface area contributed by atoms with Crippen LogP contribution in [0, 0.1) is 19.8 Å². The Labute approximate surface area is 144 Å². The van der Waals surface area contributed by atoms with Crippen molar-refractivity contribution in [1.29, 1.82) is 0 Å². The molecule has 2 heterocycles. The van der Waals surface area contributed by atoms with E-state index < -0.39 is 0 Å². The van der Waals surface area contributed by atoms with Gasteiger partial charge in [-0.3, -0.25) is 9.59 Å². The van der Waals surface area contributed by atoms with Crippen LogP contribution in [0.25, 0.3) is 0 Å². The summed E-state index contributed by atoms with van der Waals surface area (Å²) in [5.41, 5.74) is 2.70. The van der Waals surface area contributed by atoms with Crippen LogP contribution >= 0.6 is 0 Å². The molecule has 0 aromatic carbocycles. The molecule has 0 radical (unpaired) electrons. The van der Waals surface area contributed by atoms with E-state index in [4.69, 9.17) is 0 Å². The van der Waals surface area contributed by atoms with Crippen molar-refractivity contribution in [3.05, 3.63) is 23.0 Å². The molecule has 3 rings (SSSR count). The molecule has 132 valence electrons. The van der Waals surface area contributed by atoms with Crippen molar-refractivity contribution in [2.75, 3.05) is 26.2 Å². The lowest BCUT2D eigenvalue weighted by atomic mass is 9.88. The summed E-state index contributed by atoms with van der Waals surface area (Å²) in [6, 6.07) is 1.92. The molecule has 1 aliphatic heterocycles. The molecule has 24 heavy (non-hydrogen) atoms. The van der Waals surface area contributed by atoms with Crippen LogP contribution in [0.1, 0.15) is 60.3 Å². The van der Waals surface area contributed by atoms with Crippen LogP contribution in [-0.4, -0.2) is 52.8 Å². The van der Waals surface area contributed by atoms with Gasteiger partial charge in [0.15, 0.2) is 0 Å². The molecule has 5 nitrogen and oxygen atoms in total. The molecule has 1 aliphatic carbocycles. The van der Waals surface area contributed by atoms with E-state index >= 15 is 0 Å². The Bertz CT molecular complexity index is 602. The summed E-state index contributed by atoms with van der Waals surface area (Å²) < 4.78 is 0. The Morgan fingerprint density at radius 2 is 1.62 bits per heavy atom. The van der Waals surface area contributed by atoms with Crippen LogP contribution in [0.15, 0.2) is 6.07 Å². The van der Waals surface area contributed by atoms with E-state index in [0.717, 1.165) is 49.3 Å². The van der Waals surface area contributed by atoms with E-state index in [-0.39, 0.29) is 11.8 Å². The molecule has 1 aromatic heterocycles. The first kappa shape index (κ1) is 17.1. The minimum absolute atomic E-state index is 0.0869. The molecule has 5 heteroatoms. The van der Waals surface area contributed by atoms with Crippen molar-refractivity contribution in [3.8, 4) is 0 Å². The topological polar surface area (TPSA) is 56.4 Å². The predicted molar refractivity (Wildman–Crippen MR) is 93.9 cm³/mol. The minimum Gasteiger partial charge on any atom is -0.362 e. The maximum absolute atomic E-state index is 12.8. The molecule has 1 aromatic rings. The average Bonchev–Trinajstić information content (AvgIpc) is 2.79. The highest BCUT2D eigenvalue weighted by Gasteiger charge is 2.29. The Hall–Kier alpha value is -1.78. The molecule has 0 atom stereocenters. The third-order valence-electron chi connectivity index (χ3n) is 5.43. The van der Waals surface area contributed by atoms with Crippen molar-refractivity contribution in [1.82, 2.24) is 14.8 Å². The number of rotatable bonds is 2. The first-order valence-electron chi connectivity index (χ1n) is 9.30. The van der Waals surface area contributed by atoms with Crippen LogP contribution in [0.5, 0.6) is 0 Å². The monoisotopic (exact) mass is 331 g/mol. The van der Waals surface area contributed by atoms with Crippen molar-refractivity contribution in [2.45, 2.75) is 52.4 Å². The number of aromatic nitrogens is 1. The van der Waals surface area contributed by atoms with Crippen molar-refractivity contribution < 1.29 is 9.59 Å². The number of amides is 2. The molecular formula is C19H29N3O2. The normalized spacial score (nSPS) is 20.1. The number of nitrogens with one attached hydrogen (secondary N) is 1. The second-order valence-corrected chi connectivity index (χ2v) is 7.30. The number of aromatic amines is 1. The Balaban J connectivity index is 1.61. The average molecular weight is 331 g/mol. The Morgan fingerprint density at radius 3 is 2.29 bits per heavy atom. The Morgan fingerprint density at radius 1 is 0.958 bits per heavy atom. The summed E-state index contributed by atoms with van der Waals surface area (Å²) in [5, 5.41) is 0. The fourth-order valence-corrected chi connectivity index (χ4v) is 4.07. The largest absolute Gasteiger partial charge is 0.362 e. The third-order valence-corrected chi connectivity index (χ3v) is 5.43. The van der Waals surface area contributed by atoms with E-state index in [1.807, 2.05) is 29.7 Å². The zero-order chi connectivity index (χ0) is 17.1. The van der Waals surface area contributed by atoms with Gasteiger partial charge in [-0.25, -0.2) is 0 Å². The van der Waals surface area contributed by atoms with E-state index in [0.29, 0.717) is 19.0 Å². The lowest BCUT2D eigenvalue weighted by molar-refractivity contribution is -0.136. The number of hydrogen-bond donors (Lipinski definition) is 1. The molecule has 0 spiro atoms. The van der Waals surface area contributed by atoms with E-state index in [1.165, 1.54) is 19.3 Å². The summed E-state index contributed by atoms with van der Waals surface area (Å²) in [7, 11) is 0. The van der Waals surface area contributed by atoms with Crippen molar-refractivity contribution >= 4 is 11.8 Å². The number of H-pyrrole nitrogens is 1. The quantitative estimate of drug-likeness (QED) is 0.906. The summed E-state index contributed by atoms with van der Waals surface area (Å²) in [4.78, 5) is 32.6. The standard InChI is InChI=1S/C19H29N3O2/c1-14-13-17(15(2)20-14)19(24)22-10-6-9-21(11-12-22)18(23)16-7-4-3-5-8-16/h13,16,20H,3-12H2,1-2H3. The summed E-state index contributed by atoms with van der Waals surface area (Å²) >= 11 is 0. The minimum atomic E-state index is 0.0869.